The van der Waals surface area contributed by atoms with E-state index in [1.54, 1.807) is 6.07 Å². The van der Waals surface area contributed by atoms with Gasteiger partial charge in [0, 0.05) is 16.7 Å². The second kappa shape index (κ2) is 5.89. The summed E-state index contributed by atoms with van der Waals surface area (Å²) >= 11 is 3.38. The summed E-state index contributed by atoms with van der Waals surface area (Å²) in [5.41, 5.74) is 8.83. The molecule has 0 unspecified atom stereocenters. The van der Waals surface area contributed by atoms with Gasteiger partial charge in [0.05, 0.1) is 5.56 Å². The third kappa shape index (κ3) is 3.35. The lowest BCUT2D eigenvalue weighted by Crippen LogP contribution is -2.24. The zero-order valence-electron chi connectivity index (χ0n) is 10.6. The molecule has 0 aliphatic heterocycles. The summed E-state index contributed by atoms with van der Waals surface area (Å²) < 4.78 is 1.02. The second-order valence-corrected chi connectivity index (χ2v) is 5.26. The molecule has 3 N–H and O–H groups in total. The van der Waals surface area contributed by atoms with E-state index in [0.717, 1.165) is 15.6 Å². The van der Waals surface area contributed by atoms with Crippen LogP contribution in [-0.2, 0) is 6.54 Å². The Hall–Kier alpha value is -1.81. The van der Waals surface area contributed by atoms with Gasteiger partial charge in [-0.1, -0.05) is 40.2 Å². The first-order chi connectivity index (χ1) is 9.08. The maximum Gasteiger partial charge on any atom is 0.253 e. The number of carbonyl (C=O) groups excluding carboxylic acids is 1. The molecule has 2 aromatic carbocycles. The fourth-order valence-corrected chi connectivity index (χ4v) is 2.14. The van der Waals surface area contributed by atoms with Crippen LogP contribution in [0.3, 0.4) is 0 Å². The van der Waals surface area contributed by atoms with Gasteiger partial charge < -0.3 is 11.1 Å². The van der Waals surface area contributed by atoms with E-state index in [4.69, 9.17) is 5.73 Å². The Balaban J connectivity index is 2.07. The molecule has 1 amide bonds. The minimum Gasteiger partial charge on any atom is -0.398 e. The molecule has 0 saturated heterocycles. The number of benzene rings is 2. The number of anilines is 1. The molecule has 3 nitrogen and oxygen atoms in total. The highest BCUT2D eigenvalue weighted by Gasteiger charge is 2.11. The predicted molar refractivity (Wildman–Crippen MR) is 80.9 cm³/mol. The molecule has 2 aromatic rings. The fourth-order valence-electron chi connectivity index (χ4n) is 1.87. The van der Waals surface area contributed by atoms with Crippen LogP contribution in [-0.4, -0.2) is 5.91 Å². The number of nitrogen functional groups attached to an aromatic ring is 1. The number of amides is 1. The minimum atomic E-state index is -0.140. The molecule has 0 radical (unpaired) electrons. The largest absolute Gasteiger partial charge is 0.398 e. The average molecular weight is 319 g/mol. The summed E-state index contributed by atoms with van der Waals surface area (Å²) in [7, 11) is 0. The van der Waals surface area contributed by atoms with Crippen LogP contribution in [0, 0.1) is 6.92 Å². The first kappa shape index (κ1) is 13.6. The van der Waals surface area contributed by atoms with Crippen molar-refractivity contribution < 1.29 is 4.79 Å². The summed E-state index contributed by atoms with van der Waals surface area (Å²) in [6.45, 7) is 2.37. The van der Waals surface area contributed by atoms with E-state index in [9.17, 15) is 4.79 Å². The van der Waals surface area contributed by atoms with Gasteiger partial charge in [0.1, 0.15) is 0 Å². The number of nitrogens with one attached hydrogen (secondary N) is 1. The number of aryl methyl sites for hydroxylation is 1. The van der Waals surface area contributed by atoms with Crippen LogP contribution in [0.4, 0.5) is 5.69 Å². The predicted octanol–water partition coefficient (Wildman–Crippen LogP) is 3.27. The molecule has 0 aromatic heterocycles. The van der Waals surface area contributed by atoms with Crippen LogP contribution >= 0.6 is 15.9 Å². The molecule has 19 heavy (non-hydrogen) atoms. The molecule has 0 bridgehead atoms. The number of halogens is 1. The lowest BCUT2D eigenvalue weighted by molar-refractivity contribution is 0.0951. The van der Waals surface area contributed by atoms with Gasteiger partial charge in [-0.15, -0.1) is 0 Å². The lowest BCUT2D eigenvalue weighted by Gasteiger charge is -2.10. The van der Waals surface area contributed by atoms with Crippen molar-refractivity contribution in [1.82, 2.24) is 5.32 Å². The van der Waals surface area contributed by atoms with Crippen molar-refractivity contribution in [2.45, 2.75) is 13.5 Å². The van der Waals surface area contributed by atoms with Crippen molar-refractivity contribution >= 4 is 27.5 Å². The minimum absolute atomic E-state index is 0.140. The summed E-state index contributed by atoms with van der Waals surface area (Å²) in [6, 6.07) is 13.3. The molecule has 0 aliphatic rings. The zero-order valence-corrected chi connectivity index (χ0v) is 12.2. The van der Waals surface area contributed by atoms with Gasteiger partial charge in [-0.25, -0.2) is 0 Å². The Morgan fingerprint density at radius 1 is 1.21 bits per heavy atom. The SMILES string of the molecule is Cc1cccc(N)c1C(=O)NCc1ccc(Br)cc1. The maximum atomic E-state index is 12.1. The van der Waals surface area contributed by atoms with Crippen molar-refractivity contribution in [3.05, 3.63) is 63.6 Å². The smallest absolute Gasteiger partial charge is 0.253 e. The molecule has 0 heterocycles. The van der Waals surface area contributed by atoms with Crippen LogP contribution < -0.4 is 11.1 Å². The summed E-state index contributed by atoms with van der Waals surface area (Å²) in [4.78, 5) is 12.1. The van der Waals surface area contributed by atoms with Gasteiger partial charge in [0.2, 0.25) is 0 Å². The van der Waals surface area contributed by atoms with E-state index in [1.807, 2.05) is 43.3 Å². The van der Waals surface area contributed by atoms with Gasteiger partial charge >= 0.3 is 0 Å². The van der Waals surface area contributed by atoms with E-state index in [-0.39, 0.29) is 5.91 Å². The summed E-state index contributed by atoms with van der Waals surface area (Å²) in [6.07, 6.45) is 0. The second-order valence-electron chi connectivity index (χ2n) is 4.35. The van der Waals surface area contributed by atoms with Gasteiger partial charge in [-0.2, -0.15) is 0 Å². The Bertz CT molecular complexity index is 573. The van der Waals surface area contributed by atoms with Crippen molar-refractivity contribution in [3.8, 4) is 0 Å². The van der Waals surface area contributed by atoms with Crippen molar-refractivity contribution in [3.63, 3.8) is 0 Å². The Labute approximate surface area is 121 Å². The molecule has 2 rings (SSSR count). The first-order valence-electron chi connectivity index (χ1n) is 5.95. The number of hydrogen-bond acceptors (Lipinski definition) is 2. The average Bonchev–Trinajstić information content (AvgIpc) is 2.38. The Kier molecular flexibility index (Phi) is 4.22. The van der Waals surface area contributed by atoms with Crippen LogP contribution in [0.2, 0.25) is 0 Å². The Morgan fingerprint density at radius 2 is 1.89 bits per heavy atom. The summed E-state index contributed by atoms with van der Waals surface area (Å²) in [5, 5.41) is 2.88. The van der Waals surface area contributed by atoms with Gasteiger partial charge in [0.25, 0.3) is 5.91 Å². The molecular formula is C15H15BrN2O. The molecule has 0 aliphatic carbocycles. The topological polar surface area (TPSA) is 55.1 Å². The normalized spacial score (nSPS) is 10.2. The number of hydrogen-bond donors (Lipinski definition) is 2. The summed E-state index contributed by atoms with van der Waals surface area (Å²) in [5.74, 6) is -0.140. The molecule has 4 heteroatoms. The van der Waals surface area contributed by atoms with E-state index in [2.05, 4.69) is 21.2 Å². The van der Waals surface area contributed by atoms with E-state index in [0.29, 0.717) is 17.8 Å². The van der Waals surface area contributed by atoms with Crippen molar-refractivity contribution in [1.29, 1.82) is 0 Å². The lowest BCUT2D eigenvalue weighted by atomic mass is 10.1. The molecule has 0 atom stereocenters. The molecule has 0 spiro atoms. The zero-order chi connectivity index (χ0) is 13.8. The van der Waals surface area contributed by atoms with Crippen LogP contribution in [0.5, 0.6) is 0 Å². The fraction of sp³-hybridized carbons (Fsp3) is 0.133. The van der Waals surface area contributed by atoms with Gasteiger partial charge in [-0.05, 0) is 36.2 Å². The number of rotatable bonds is 3. The van der Waals surface area contributed by atoms with Crippen molar-refractivity contribution in [2.24, 2.45) is 0 Å². The molecule has 98 valence electrons. The highest BCUT2D eigenvalue weighted by molar-refractivity contribution is 9.10. The quantitative estimate of drug-likeness (QED) is 0.853. The standard InChI is InChI=1S/C15H15BrN2O/c1-10-3-2-4-13(17)14(10)15(19)18-9-11-5-7-12(16)8-6-11/h2-8H,9,17H2,1H3,(H,18,19). The van der Waals surface area contributed by atoms with Crippen LogP contribution in [0.15, 0.2) is 46.9 Å². The first-order valence-corrected chi connectivity index (χ1v) is 6.75. The van der Waals surface area contributed by atoms with Crippen LogP contribution in [0.25, 0.3) is 0 Å². The highest BCUT2D eigenvalue weighted by atomic mass is 79.9. The Morgan fingerprint density at radius 3 is 2.53 bits per heavy atom. The van der Waals surface area contributed by atoms with E-state index < -0.39 is 0 Å². The third-order valence-electron chi connectivity index (χ3n) is 2.90. The number of nitrogens with two attached hydrogens (primary N) is 1. The molecule has 0 fully saturated rings. The highest BCUT2D eigenvalue weighted by Crippen LogP contribution is 2.16. The third-order valence-corrected chi connectivity index (χ3v) is 3.43. The van der Waals surface area contributed by atoms with Crippen molar-refractivity contribution in [2.75, 3.05) is 5.73 Å². The molecular weight excluding hydrogens is 304 g/mol. The van der Waals surface area contributed by atoms with E-state index >= 15 is 0 Å². The van der Waals surface area contributed by atoms with E-state index in [1.165, 1.54) is 0 Å². The van der Waals surface area contributed by atoms with Gasteiger partial charge in [0.15, 0.2) is 0 Å². The maximum absolute atomic E-state index is 12.1. The molecule has 0 saturated carbocycles. The monoisotopic (exact) mass is 318 g/mol. The van der Waals surface area contributed by atoms with Crippen LogP contribution in [0.1, 0.15) is 21.5 Å². The van der Waals surface area contributed by atoms with Gasteiger partial charge in [-0.3, -0.25) is 4.79 Å². The number of carbonyl (C=O) groups is 1.